The number of halogens is 2. The number of carbonyl (C=O) groups is 1. The van der Waals surface area contributed by atoms with Crippen molar-refractivity contribution in [1.29, 1.82) is 0 Å². The largest absolute Gasteiger partial charge is 0.315 e. The lowest BCUT2D eigenvalue weighted by molar-refractivity contribution is -0.120. The first-order valence-corrected chi connectivity index (χ1v) is 8.14. The molecule has 0 N–H and O–H groups in total. The average Bonchev–Trinajstić information content (AvgIpc) is 2.46. The average molecular weight is 414 g/mol. The second-order valence-corrected chi connectivity index (χ2v) is 6.49. The molecule has 0 saturated heterocycles. The van der Waals surface area contributed by atoms with Gasteiger partial charge in [-0.05, 0) is 58.8 Å². The molecule has 0 aliphatic carbocycles. The molecule has 1 aromatic heterocycles. The molecule has 0 bridgehead atoms. The first-order valence-electron chi connectivity index (χ1n) is 6.69. The molecular weight excluding hydrogens is 401 g/mol. The zero-order valence-corrected chi connectivity index (χ0v) is 14.3. The first-order chi connectivity index (χ1) is 10.1. The van der Waals surface area contributed by atoms with Gasteiger partial charge >= 0.3 is 0 Å². The summed E-state index contributed by atoms with van der Waals surface area (Å²) in [6.07, 6.45) is 2.74. The van der Waals surface area contributed by atoms with Gasteiger partial charge in [0, 0.05) is 27.4 Å². The van der Waals surface area contributed by atoms with Crippen LogP contribution < -0.4 is 4.90 Å². The van der Waals surface area contributed by atoms with E-state index in [9.17, 15) is 4.79 Å². The number of benzene rings is 1. The Labute approximate surface area is 141 Å². The van der Waals surface area contributed by atoms with Crippen molar-refractivity contribution in [2.45, 2.75) is 25.8 Å². The summed E-state index contributed by atoms with van der Waals surface area (Å²) in [6, 6.07) is 7.82. The minimum Gasteiger partial charge on any atom is -0.315 e. The van der Waals surface area contributed by atoms with E-state index in [-0.39, 0.29) is 17.1 Å². The number of fused-ring (bicyclic) bond motifs is 1. The number of Topliss-reactive ketones (excluding diaryl/α,β-unsaturated/α-hetero) is 1. The van der Waals surface area contributed by atoms with Gasteiger partial charge < -0.3 is 4.90 Å². The quantitative estimate of drug-likeness (QED) is 0.555. The Hall–Kier alpha value is -1.21. The summed E-state index contributed by atoms with van der Waals surface area (Å²) < 4.78 is 1.11. The third-order valence-electron chi connectivity index (χ3n) is 3.56. The van der Waals surface area contributed by atoms with E-state index < -0.39 is 0 Å². The zero-order chi connectivity index (χ0) is 15.0. The fourth-order valence-electron chi connectivity index (χ4n) is 2.65. The second kappa shape index (κ2) is 5.88. The molecule has 0 radical (unpaired) electrons. The molecule has 21 heavy (non-hydrogen) atoms. The van der Waals surface area contributed by atoms with Crippen molar-refractivity contribution in [1.82, 2.24) is 9.97 Å². The van der Waals surface area contributed by atoms with Gasteiger partial charge in [-0.3, -0.25) is 4.79 Å². The first kappa shape index (κ1) is 14.7. The number of ketones is 1. The van der Waals surface area contributed by atoms with Crippen LogP contribution in [0.15, 0.2) is 30.5 Å². The number of anilines is 2. The second-order valence-electron chi connectivity index (χ2n) is 4.90. The molecule has 6 heteroatoms. The highest BCUT2D eigenvalue weighted by Crippen LogP contribution is 2.35. The standard InChI is InChI=1S/C15H13ClIN3O/c1-2-12-13(21)6-9-8-18-15(16)19-14(9)20(12)11-5-3-4-10(17)7-11/h3-5,7-8,12H,2,6H2,1H3. The maximum atomic E-state index is 12.4. The molecule has 1 aliphatic rings. The van der Waals surface area contributed by atoms with E-state index in [1.807, 2.05) is 36.1 Å². The Bertz CT molecular complexity index is 707. The highest BCUT2D eigenvalue weighted by Gasteiger charge is 2.34. The van der Waals surface area contributed by atoms with Crippen molar-refractivity contribution in [2.75, 3.05) is 4.90 Å². The summed E-state index contributed by atoms with van der Waals surface area (Å²) in [5, 5.41) is 0.202. The minimum atomic E-state index is -0.207. The molecule has 0 amide bonds. The smallest absolute Gasteiger partial charge is 0.224 e. The van der Waals surface area contributed by atoms with Crippen LogP contribution in [0.2, 0.25) is 5.28 Å². The van der Waals surface area contributed by atoms with Gasteiger partial charge in [0.05, 0.1) is 6.04 Å². The Morgan fingerprint density at radius 3 is 3.00 bits per heavy atom. The van der Waals surface area contributed by atoms with Crippen LogP contribution in [0.3, 0.4) is 0 Å². The van der Waals surface area contributed by atoms with Crippen LogP contribution in [-0.4, -0.2) is 21.8 Å². The molecule has 0 saturated carbocycles. The highest BCUT2D eigenvalue weighted by atomic mass is 127. The fraction of sp³-hybridized carbons (Fsp3) is 0.267. The van der Waals surface area contributed by atoms with Gasteiger partial charge in [0.15, 0.2) is 5.78 Å². The van der Waals surface area contributed by atoms with Gasteiger partial charge in [-0.15, -0.1) is 0 Å². The molecule has 108 valence electrons. The van der Waals surface area contributed by atoms with Crippen LogP contribution in [-0.2, 0) is 11.2 Å². The van der Waals surface area contributed by atoms with Crippen LogP contribution in [0.4, 0.5) is 11.5 Å². The number of nitrogens with zero attached hydrogens (tertiary/aromatic N) is 3. The summed E-state index contributed by atoms with van der Waals surface area (Å²) in [5.74, 6) is 0.929. The predicted molar refractivity (Wildman–Crippen MR) is 91.1 cm³/mol. The maximum Gasteiger partial charge on any atom is 0.224 e. The topological polar surface area (TPSA) is 46.1 Å². The van der Waals surface area contributed by atoms with Gasteiger partial charge in [0.25, 0.3) is 0 Å². The number of hydrogen-bond acceptors (Lipinski definition) is 4. The lowest BCUT2D eigenvalue weighted by Crippen LogP contribution is -2.43. The van der Waals surface area contributed by atoms with E-state index in [4.69, 9.17) is 11.6 Å². The lowest BCUT2D eigenvalue weighted by atomic mass is 9.95. The molecule has 4 nitrogen and oxygen atoms in total. The lowest BCUT2D eigenvalue weighted by Gasteiger charge is -2.36. The SMILES string of the molecule is CCC1C(=O)Cc2cnc(Cl)nc2N1c1cccc(I)c1. The molecule has 1 unspecified atom stereocenters. The molecule has 2 heterocycles. The summed E-state index contributed by atoms with van der Waals surface area (Å²) in [4.78, 5) is 22.7. The Morgan fingerprint density at radius 1 is 1.48 bits per heavy atom. The Morgan fingerprint density at radius 2 is 2.29 bits per heavy atom. The summed E-state index contributed by atoms with van der Waals surface area (Å²) >= 11 is 8.21. The van der Waals surface area contributed by atoms with Crippen molar-refractivity contribution in [3.8, 4) is 0 Å². The number of rotatable bonds is 2. The van der Waals surface area contributed by atoms with Crippen LogP contribution in [0.25, 0.3) is 0 Å². The predicted octanol–water partition coefficient (Wildman–Crippen LogP) is 3.78. The molecule has 0 spiro atoms. The van der Waals surface area contributed by atoms with Gasteiger partial charge in [0.1, 0.15) is 5.82 Å². The van der Waals surface area contributed by atoms with Crippen LogP contribution in [0.5, 0.6) is 0 Å². The van der Waals surface area contributed by atoms with Crippen LogP contribution in [0, 0.1) is 3.57 Å². The monoisotopic (exact) mass is 413 g/mol. The van der Waals surface area contributed by atoms with E-state index in [1.54, 1.807) is 6.20 Å². The van der Waals surface area contributed by atoms with E-state index in [0.29, 0.717) is 6.42 Å². The van der Waals surface area contributed by atoms with E-state index in [1.165, 1.54) is 0 Å². The Kier molecular flexibility index (Phi) is 4.12. The van der Waals surface area contributed by atoms with Gasteiger partial charge in [0.2, 0.25) is 5.28 Å². The number of hydrogen-bond donors (Lipinski definition) is 0. The Balaban J connectivity index is 2.19. The highest BCUT2D eigenvalue weighted by molar-refractivity contribution is 14.1. The normalized spacial score (nSPS) is 17.8. The van der Waals surface area contributed by atoms with Crippen molar-refractivity contribution in [3.63, 3.8) is 0 Å². The molecular formula is C15H13ClIN3O. The van der Waals surface area contributed by atoms with E-state index in [0.717, 1.165) is 27.1 Å². The molecule has 1 aliphatic heterocycles. The van der Waals surface area contributed by atoms with E-state index >= 15 is 0 Å². The van der Waals surface area contributed by atoms with Gasteiger partial charge in [-0.2, -0.15) is 4.98 Å². The molecule has 0 fully saturated rings. The minimum absolute atomic E-state index is 0.190. The van der Waals surface area contributed by atoms with Crippen molar-refractivity contribution < 1.29 is 4.79 Å². The van der Waals surface area contributed by atoms with Crippen molar-refractivity contribution in [3.05, 3.63) is 44.9 Å². The van der Waals surface area contributed by atoms with Gasteiger partial charge in [-0.1, -0.05) is 13.0 Å². The zero-order valence-electron chi connectivity index (χ0n) is 11.4. The van der Waals surface area contributed by atoms with Crippen LogP contribution >= 0.6 is 34.2 Å². The third-order valence-corrected chi connectivity index (χ3v) is 4.41. The van der Waals surface area contributed by atoms with Crippen molar-refractivity contribution >= 4 is 51.5 Å². The van der Waals surface area contributed by atoms with Crippen LogP contribution in [0.1, 0.15) is 18.9 Å². The summed E-state index contributed by atoms with van der Waals surface area (Å²) in [7, 11) is 0. The molecule has 3 rings (SSSR count). The summed E-state index contributed by atoms with van der Waals surface area (Å²) in [5.41, 5.74) is 1.78. The van der Waals surface area contributed by atoms with Crippen molar-refractivity contribution in [2.24, 2.45) is 0 Å². The van der Waals surface area contributed by atoms with Gasteiger partial charge in [-0.25, -0.2) is 4.98 Å². The molecule has 1 atom stereocenters. The van der Waals surface area contributed by atoms with E-state index in [2.05, 4.69) is 32.6 Å². The maximum absolute atomic E-state index is 12.4. The number of carbonyl (C=O) groups excluding carboxylic acids is 1. The molecule has 1 aromatic carbocycles. The summed E-state index contributed by atoms with van der Waals surface area (Å²) in [6.45, 7) is 2.01. The third kappa shape index (κ3) is 2.76. The fourth-order valence-corrected chi connectivity index (χ4v) is 3.30. The molecule has 2 aromatic rings. The number of aromatic nitrogens is 2.